The summed E-state index contributed by atoms with van der Waals surface area (Å²) in [5.41, 5.74) is 1.09. The smallest absolute Gasteiger partial charge is 0.408 e. The van der Waals surface area contributed by atoms with Gasteiger partial charge in [0.05, 0.1) is 12.1 Å². The molecule has 6 nitrogen and oxygen atoms in total. The molecule has 102 valence electrons. The Bertz CT molecular complexity index is 629. The van der Waals surface area contributed by atoms with Crippen molar-refractivity contribution in [3.05, 3.63) is 34.8 Å². The number of oxazole rings is 1. The summed E-state index contributed by atoms with van der Waals surface area (Å²) in [5.74, 6) is -0.783. The second-order valence-electron chi connectivity index (χ2n) is 4.35. The van der Waals surface area contributed by atoms with Crippen LogP contribution in [0.5, 0.6) is 0 Å². The van der Waals surface area contributed by atoms with Crippen LogP contribution in [-0.4, -0.2) is 30.2 Å². The van der Waals surface area contributed by atoms with E-state index in [1.54, 1.807) is 31.4 Å². The van der Waals surface area contributed by atoms with E-state index in [0.29, 0.717) is 17.7 Å². The minimum atomic E-state index is -0.532. The van der Waals surface area contributed by atoms with Gasteiger partial charge in [0.15, 0.2) is 5.58 Å². The van der Waals surface area contributed by atoms with Crippen LogP contribution in [0.15, 0.2) is 33.5 Å². The van der Waals surface area contributed by atoms with Crippen LogP contribution >= 0.6 is 0 Å². The molecule has 1 amide bonds. The first-order valence-electron chi connectivity index (χ1n) is 5.98. The van der Waals surface area contributed by atoms with Gasteiger partial charge in [-0.25, -0.2) is 4.79 Å². The molecule has 1 heterocycles. The lowest BCUT2D eigenvalue weighted by Gasteiger charge is -2.12. The fourth-order valence-corrected chi connectivity index (χ4v) is 1.92. The predicted octanol–water partition coefficient (Wildman–Crippen LogP) is 0.746. The average Bonchev–Trinajstić information content (AvgIpc) is 2.66. The van der Waals surface area contributed by atoms with E-state index in [1.807, 2.05) is 6.92 Å². The van der Waals surface area contributed by atoms with E-state index in [-0.39, 0.29) is 18.5 Å². The highest BCUT2D eigenvalue weighted by Crippen LogP contribution is 2.11. The molecule has 1 N–H and O–H groups in total. The van der Waals surface area contributed by atoms with Crippen LogP contribution in [0.2, 0.25) is 0 Å². The largest absolute Gasteiger partial charge is 0.420 e. The van der Waals surface area contributed by atoms with Crippen molar-refractivity contribution in [2.45, 2.75) is 19.5 Å². The molecule has 2 rings (SSSR count). The zero-order valence-electron chi connectivity index (χ0n) is 10.9. The van der Waals surface area contributed by atoms with Gasteiger partial charge in [-0.15, -0.1) is 0 Å². The van der Waals surface area contributed by atoms with E-state index in [9.17, 15) is 9.59 Å². The molecule has 0 saturated carbocycles. The summed E-state index contributed by atoms with van der Waals surface area (Å²) in [6, 6.07) is 6.90. The number of ether oxygens (including phenoxy) is 1. The summed E-state index contributed by atoms with van der Waals surface area (Å²) in [6.45, 7) is 2.19. The Balaban J connectivity index is 2.15. The molecular formula is C13H16N2O4. The summed E-state index contributed by atoms with van der Waals surface area (Å²) in [4.78, 5) is 23.5. The summed E-state index contributed by atoms with van der Waals surface area (Å²) in [6.07, 6.45) is 0. The van der Waals surface area contributed by atoms with Crippen molar-refractivity contribution < 1.29 is 13.9 Å². The topological polar surface area (TPSA) is 73.5 Å². The first kappa shape index (κ1) is 13.4. The van der Waals surface area contributed by atoms with Gasteiger partial charge < -0.3 is 14.5 Å². The van der Waals surface area contributed by atoms with Crippen LogP contribution < -0.4 is 11.1 Å². The van der Waals surface area contributed by atoms with Crippen LogP contribution in [0.1, 0.15) is 6.92 Å². The highest BCUT2D eigenvalue weighted by atomic mass is 16.5. The third-order valence-electron chi connectivity index (χ3n) is 2.70. The normalized spacial score (nSPS) is 12.5. The fraction of sp³-hybridized carbons (Fsp3) is 0.385. The van der Waals surface area contributed by atoms with E-state index in [0.717, 1.165) is 0 Å². The Morgan fingerprint density at radius 3 is 2.95 bits per heavy atom. The molecule has 19 heavy (non-hydrogen) atoms. The number of aromatic nitrogens is 1. The van der Waals surface area contributed by atoms with Gasteiger partial charge in [-0.3, -0.25) is 9.36 Å². The van der Waals surface area contributed by atoms with Gasteiger partial charge in [0.2, 0.25) is 5.91 Å². The molecule has 0 aliphatic heterocycles. The summed E-state index contributed by atoms with van der Waals surface area (Å²) in [5, 5.41) is 2.75. The van der Waals surface area contributed by atoms with Crippen molar-refractivity contribution in [2.24, 2.45) is 0 Å². The summed E-state index contributed by atoms with van der Waals surface area (Å²) >= 11 is 0. The molecule has 0 aliphatic carbocycles. The number of para-hydroxylation sites is 2. The highest BCUT2D eigenvalue weighted by molar-refractivity contribution is 5.79. The Hall–Kier alpha value is -2.08. The molecule has 0 spiro atoms. The standard InChI is InChI=1S/C13H16N2O4/c1-9(8-18-2)14-12(16)7-15-10-5-3-4-6-11(10)19-13(15)17/h3-6,9H,7-8H2,1-2H3,(H,14,16)/t9-/m1/s1. The SMILES string of the molecule is COC[C@@H](C)NC(=O)Cn1c(=O)oc2ccccc21. The maximum Gasteiger partial charge on any atom is 0.420 e. The number of hydrogen-bond acceptors (Lipinski definition) is 4. The number of nitrogens with one attached hydrogen (secondary N) is 1. The molecule has 2 aromatic rings. The van der Waals surface area contributed by atoms with Gasteiger partial charge in [-0.05, 0) is 19.1 Å². The molecular weight excluding hydrogens is 248 g/mol. The van der Waals surface area contributed by atoms with E-state index < -0.39 is 5.76 Å². The molecule has 0 aliphatic rings. The van der Waals surface area contributed by atoms with Crippen molar-refractivity contribution in [3.8, 4) is 0 Å². The lowest BCUT2D eigenvalue weighted by molar-refractivity contribution is -0.122. The quantitative estimate of drug-likeness (QED) is 0.864. The predicted molar refractivity (Wildman–Crippen MR) is 70.0 cm³/mol. The molecule has 0 bridgehead atoms. The first-order chi connectivity index (χ1) is 9.11. The monoisotopic (exact) mass is 264 g/mol. The van der Waals surface area contributed by atoms with E-state index in [4.69, 9.17) is 9.15 Å². The molecule has 1 aromatic heterocycles. The van der Waals surface area contributed by atoms with Crippen molar-refractivity contribution >= 4 is 17.0 Å². The lowest BCUT2D eigenvalue weighted by atomic mass is 10.3. The van der Waals surface area contributed by atoms with Crippen molar-refractivity contribution in [1.29, 1.82) is 0 Å². The number of rotatable bonds is 5. The van der Waals surface area contributed by atoms with Gasteiger partial charge in [-0.2, -0.15) is 0 Å². The van der Waals surface area contributed by atoms with Gasteiger partial charge >= 0.3 is 5.76 Å². The molecule has 6 heteroatoms. The Morgan fingerprint density at radius 2 is 2.21 bits per heavy atom. The van der Waals surface area contributed by atoms with Gasteiger partial charge in [0, 0.05) is 13.2 Å². The molecule has 1 aromatic carbocycles. The summed E-state index contributed by atoms with van der Waals surface area (Å²) < 4.78 is 11.3. The number of carbonyl (C=O) groups is 1. The molecule has 0 unspecified atom stereocenters. The van der Waals surface area contributed by atoms with E-state index in [2.05, 4.69) is 5.32 Å². The van der Waals surface area contributed by atoms with Crippen molar-refractivity contribution in [3.63, 3.8) is 0 Å². The van der Waals surface area contributed by atoms with E-state index in [1.165, 1.54) is 4.57 Å². The zero-order chi connectivity index (χ0) is 13.8. The Morgan fingerprint density at radius 1 is 1.47 bits per heavy atom. The second kappa shape index (κ2) is 5.71. The van der Waals surface area contributed by atoms with Crippen LogP contribution in [0, 0.1) is 0 Å². The van der Waals surface area contributed by atoms with Gasteiger partial charge in [0.25, 0.3) is 0 Å². The first-order valence-corrected chi connectivity index (χ1v) is 5.98. The number of nitrogens with zero attached hydrogens (tertiary/aromatic N) is 1. The minimum absolute atomic E-state index is 0.0656. The van der Waals surface area contributed by atoms with Crippen molar-refractivity contribution in [2.75, 3.05) is 13.7 Å². The maximum atomic E-state index is 11.8. The number of amides is 1. The van der Waals surface area contributed by atoms with E-state index >= 15 is 0 Å². The second-order valence-corrected chi connectivity index (χ2v) is 4.35. The van der Waals surface area contributed by atoms with Crippen LogP contribution in [0.25, 0.3) is 11.1 Å². The number of hydrogen-bond donors (Lipinski definition) is 1. The van der Waals surface area contributed by atoms with Crippen LogP contribution in [0.4, 0.5) is 0 Å². The third kappa shape index (κ3) is 3.03. The lowest BCUT2D eigenvalue weighted by Crippen LogP contribution is -2.38. The van der Waals surface area contributed by atoms with Gasteiger partial charge in [0.1, 0.15) is 6.54 Å². The minimum Gasteiger partial charge on any atom is -0.408 e. The van der Waals surface area contributed by atoms with Crippen molar-refractivity contribution in [1.82, 2.24) is 9.88 Å². The van der Waals surface area contributed by atoms with Crippen LogP contribution in [-0.2, 0) is 16.1 Å². The van der Waals surface area contributed by atoms with Gasteiger partial charge in [-0.1, -0.05) is 12.1 Å². The highest BCUT2D eigenvalue weighted by Gasteiger charge is 2.13. The molecule has 0 saturated heterocycles. The third-order valence-corrected chi connectivity index (χ3v) is 2.70. The number of methoxy groups -OCH3 is 1. The number of fused-ring (bicyclic) bond motifs is 1. The fourth-order valence-electron chi connectivity index (χ4n) is 1.92. The maximum absolute atomic E-state index is 11.8. The van der Waals surface area contributed by atoms with Crippen LogP contribution in [0.3, 0.4) is 0 Å². The molecule has 1 atom stereocenters. The Labute approximate surface area is 110 Å². The number of carbonyl (C=O) groups excluding carboxylic acids is 1. The zero-order valence-corrected chi connectivity index (χ0v) is 10.9. The summed E-state index contributed by atoms with van der Waals surface area (Å²) in [7, 11) is 1.57. The average molecular weight is 264 g/mol. The molecule has 0 radical (unpaired) electrons. The Kier molecular flexibility index (Phi) is 4.01. The molecule has 0 fully saturated rings. The number of benzene rings is 1.